The van der Waals surface area contributed by atoms with Crippen LogP contribution < -0.4 is 0 Å². The average molecular weight is 409 g/mol. The second kappa shape index (κ2) is 6.92. The van der Waals surface area contributed by atoms with Crippen LogP contribution in [0.3, 0.4) is 0 Å². The van der Waals surface area contributed by atoms with Crippen molar-refractivity contribution < 1.29 is 14.0 Å². The van der Waals surface area contributed by atoms with Crippen LogP contribution in [0, 0.1) is 22.7 Å². The first-order chi connectivity index (χ1) is 12.6. The molecular weight excluding hydrogens is 364 g/mol. The topological polar surface area (TPSA) is 38.8 Å². The normalized spacial score (nSPS) is 40.2. The van der Waals surface area contributed by atoms with Crippen LogP contribution in [0.25, 0.3) is 0 Å². The van der Waals surface area contributed by atoms with Gasteiger partial charge in [-0.15, -0.1) is 0 Å². The van der Waals surface area contributed by atoms with Crippen molar-refractivity contribution in [3.05, 3.63) is 0 Å². The highest BCUT2D eigenvalue weighted by molar-refractivity contribution is 6.74. The minimum atomic E-state index is -1.87. The van der Waals surface area contributed by atoms with Crippen LogP contribution in [0.4, 0.5) is 0 Å². The van der Waals surface area contributed by atoms with Gasteiger partial charge in [-0.3, -0.25) is 0 Å². The molecule has 0 N–H and O–H groups in total. The summed E-state index contributed by atoms with van der Waals surface area (Å²) in [4.78, 5) is 11.8. The smallest absolute Gasteiger partial charge is 0.192 e. The lowest BCUT2D eigenvalue weighted by atomic mass is 9.45. The number of ether oxygens (including phenoxy) is 1. The Hall–Kier alpha value is -0.193. The lowest BCUT2D eigenvalue weighted by Gasteiger charge is -2.62. The van der Waals surface area contributed by atoms with Crippen molar-refractivity contribution in [3.63, 3.8) is 0 Å². The first-order valence-electron chi connectivity index (χ1n) is 11.5. The fourth-order valence-corrected chi connectivity index (χ4v) is 8.00. The van der Waals surface area contributed by atoms with E-state index >= 15 is 0 Å². The number of fused-ring (bicyclic) bond motifs is 1. The number of rotatable bonds is 5. The molecule has 1 spiro atoms. The van der Waals surface area contributed by atoms with Gasteiger partial charge in [0.25, 0.3) is 0 Å². The Morgan fingerprint density at radius 3 is 2.29 bits per heavy atom. The van der Waals surface area contributed by atoms with E-state index in [1.54, 1.807) is 6.92 Å². The maximum absolute atomic E-state index is 11.8. The summed E-state index contributed by atoms with van der Waals surface area (Å²) in [5, 5.41) is 0.214. The molecule has 2 aliphatic carbocycles. The molecule has 4 heteroatoms. The number of epoxide rings is 1. The molecule has 2 saturated carbocycles. The quantitative estimate of drug-likeness (QED) is 0.392. The standard InChI is InChI=1S/C24H44O3Si/c1-17(25)11-12-19-23(7)14-10-13-22(5,6)20(23)18(15-24(19)16-26-24)27-28(8,9)21(2,3)4/h18-20H,10-16H2,1-9H3/t18-,19+,20-,23+,24-/m0/s1. The summed E-state index contributed by atoms with van der Waals surface area (Å²) in [7, 11) is -1.87. The molecule has 1 saturated heterocycles. The SMILES string of the molecule is CC(=O)CC[C@H]1[C@@]2(CO2)C[C@H](O[Si](C)(C)C(C)(C)C)[C@H]2C(C)(C)CCC[C@@]21C. The van der Waals surface area contributed by atoms with Crippen LogP contribution >= 0.6 is 0 Å². The van der Waals surface area contributed by atoms with Gasteiger partial charge in [-0.2, -0.15) is 0 Å². The number of ketones is 1. The van der Waals surface area contributed by atoms with Gasteiger partial charge in [0.05, 0.1) is 18.3 Å². The first-order valence-corrected chi connectivity index (χ1v) is 14.4. The van der Waals surface area contributed by atoms with Crippen molar-refractivity contribution in [2.75, 3.05) is 6.61 Å². The maximum Gasteiger partial charge on any atom is 0.192 e. The van der Waals surface area contributed by atoms with Crippen molar-refractivity contribution in [1.82, 2.24) is 0 Å². The number of hydrogen-bond donors (Lipinski definition) is 0. The van der Waals surface area contributed by atoms with Gasteiger partial charge in [-0.1, -0.05) is 48.0 Å². The molecular formula is C24H44O3Si. The predicted molar refractivity (Wildman–Crippen MR) is 118 cm³/mol. The maximum atomic E-state index is 11.8. The second-order valence-corrected chi connectivity index (χ2v) is 17.3. The second-order valence-electron chi connectivity index (χ2n) is 12.6. The van der Waals surface area contributed by atoms with E-state index in [4.69, 9.17) is 9.16 Å². The zero-order valence-electron chi connectivity index (χ0n) is 19.9. The summed E-state index contributed by atoms with van der Waals surface area (Å²) in [6, 6.07) is 0. The summed E-state index contributed by atoms with van der Waals surface area (Å²) in [6.45, 7) is 21.8. The molecule has 3 fully saturated rings. The highest BCUT2D eigenvalue weighted by atomic mass is 28.4. The van der Waals surface area contributed by atoms with Gasteiger partial charge in [0.1, 0.15) is 5.78 Å². The van der Waals surface area contributed by atoms with Gasteiger partial charge in [-0.25, -0.2) is 0 Å². The van der Waals surface area contributed by atoms with Crippen LogP contribution in [0.5, 0.6) is 0 Å². The van der Waals surface area contributed by atoms with Crippen LogP contribution in [0.1, 0.15) is 87.0 Å². The molecule has 1 aliphatic heterocycles. The zero-order chi connectivity index (χ0) is 21.2. The number of carbonyl (C=O) groups excluding carboxylic acids is 1. The molecule has 5 atom stereocenters. The molecule has 3 rings (SSSR count). The molecule has 3 nitrogen and oxygen atoms in total. The molecule has 1 heterocycles. The fraction of sp³-hybridized carbons (Fsp3) is 0.958. The Bertz CT molecular complexity index is 614. The Kier molecular flexibility index (Phi) is 5.56. The Morgan fingerprint density at radius 2 is 1.79 bits per heavy atom. The van der Waals surface area contributed by atoms with Gasteiger partial charge in [0.15, 0.2) is 8.32 Å². The van der Waals surface area contributed by atoms with E-state index in [9.17, 15) is 4.79 Å². The Morgan fingerprint density at radius 1 is 1.18 bits per heavy atom. The van der Waals surface area contributed by atoms with E-state index in [0.29, 0.717) is 24.0 Å². The Balaban J connectivity index is 1.98. The molecule has 0 aromatic carbocycles. The van der Waals surface area contributed by atoms with Crippen LogP contribution in [-0.2, 0) is 14.0 Å². The summed E-state index contributed by atoms with van der Waals surface area (Å²) < 4.78 is 13.4. The molecule has 0 bridgehead atoms. The largest absolute Gasteiger partial charge is 0.414 e. The highest BCUT2D eigenvalue weighted by Crippen LogP contribution is 2.67. The lowest BCUT2D eigenvalue weighted by Crippen LogP contribution is -2.63. The molecule has 3 aliphatic rings. The van der Waals surface area contributed by atoms with E-state index in [0.717, 1.165) is 19.4 Å². The average Bonchev–Trinajstić information content (AvgIpc) is 3.23. The molecule has 0 amide bonds. The van der Waals surface area contributed by atoms with E-state index in [2.05, 4.69) is 54.6 Å². The minimum absolute atomic E-state index is 0.0405. The van der Waals surface area contributed by atoms with Crippen molar-refractivity contribution >= 4 is 14.1 Å². The minimum Gasteiger partial charge on any atom is -0.414 e. The molecule has 0 aromatic heterocycles. The van der Waals surface area contributed by atoms with Crippen molar-refractivity contribution in [3.8, 4) is 0 Å². The van der Waals surface area contributed by atoms with E-state index in [1.807, 2.05) is 0 Å². The number of Topliss-reactive ketones (excluding diaryl/α,β-unsaturated/α-hetero) is 1. The van der Waals surface area contributed by atoms with Gasteiger partial charge in [0, 0.05) is 12.8 Å². The third-order valence-corrected chi connectivity index (χ3v) is 13.5. The van der Waals surface area contributed by atoms with E-state index in [-0.39, 0.29) is 27.6 Å². The van der Waals surface area contributed by atoms with Crippen molar-refractivity contribution in [2.24, 2.45) is 22.7 Å². The van der Waals surface area contributed by atoms with Crippen molar-refractivity contribution in [2.45, 2.75) is 117 Å². The van der Waals surface area contributed by atoms with Gasteiger partial charge in [0.2, 0.25) is 0 Å². The molecule has 162 valence electrons. The summed E-state index contributed by atoms with van der Waals surface area (Å²) >= 11 is 0. The third-order valence-electron chi connectivity index (χ3n) is 8.99. The highest BCUT2D eigenvalue weighted by Gasteiger charge is 2.68. The van der Waals surface area contributed by atoms with Crippen LogP contribution in [-0.4, -0.2) is 32.4 Å². The van der Waals surface area contributed by atoms with Gasteiger partial charge < -0.3 is 14.0 Å². The fourth-order valence-electron chi connectivity index (χ4n) is 6.67. The molecule has 0 radical (unpaired) electrons. The monoisotopic (exact) mass is 408 g/mol. The van der Waals surface area contributed by atoms with Gasteiger partial charge >= 0.3 is 0 Å². The summed E-state index contributed by atoms with van der Waals surface area (Å²) in [5.41, 5.74) is 0.422. The molecule has 0 aromatic rings. The van der Waals surface area contributed by atoms with Crippen molar-refractivity contribution in [1.29, 1.82) is 0 Å². The van der Waals surface area contributed by atoms with E-state index in [1.165, 1.54) is 19.3 Å². The Labute approximate surface area is 174 Å². The lowest BCUT2D eigenvalue weighted by molar-refractivity contribution is -0.163. The molecule has 28 heavy (non-hydrogen) atoms. The summed E-state index contributed by atoms with van der Waals surface area (Å²) in [5.74, 6) is 1.33. The summed E-state index contributed by atoms with van der Waals surface area (Å²) in [6.07, 6.45) is 6.75. The number of hydrogen-bond acceptors (Lipinski definition) is 3. The third kappa shape index (κ3) is 3.78. The van der Waals surface area contributed by atoms with Crippen LogP contribution in [0.2, 0.25) is 18.1 Å². The van der Waals surface area contributed by atoms with Gasteiger partial charge in [-0.05, 0) is 67.0 Å². The molecule has 0 unspecified atom stereocenters. The zero-order valence-corrected chi connectivity index (χ0v) is 20.9. The first kappa shape index (κ1) is 22.5. The number of carbonyl (C=O) groups is 1. The van der Waals surface area contributed by atoms with E-state index < -0.39 is 8.32 Å². The predicted octanol–water partition coefficient (Wildman–Crippen LogP) is 6.37. The van der Waals surface area contributed by atoms with Crippen LogP contribution in [0.15, 0.2) is 0 Å².